The molecule has 0 amide bonds. The van der Waals surface area contributed by atoms with Crippen LogP contribution in [0.1, 0.15) is 0 Å². The minimum Gasteiger partial charge on any atom is -0.456 e. The zero-order valence-electron chi connectivity index (χ0n) is 31.7. The van der Waals surface area contributed by atoms with Gasteiger partial charge in [-0.2, -0.15) is 0 Å². The van der Waals surface area contributed by atoms with Gasteiger partial charge in [0.25, 0.3) is 0 Å². The highest BCUT2D eigenvalue weighted by Gasteiger charge is 2.33. The second-order valence-electron chi connectivity index (χ2n) is 14.9. The Labute approximate surface area is 338 Å². The number of benzene rings is 9. The van der Waals surface area contributed by atoms with E-state index in [1.807, 2.05) is 6.07 Å². The predicted molar refractivity (Wildman–Crippen MR) is 245 cm³/mol. The Hall–Kier alpha value is -7.56. The number of anilines is 6. The van der Waals surface area contributed by atoms with Crippen LogP contribution >= 0.6 is 0 Å². The van der Waals surface area contributed by atoms with E-state index < -0.39 is 0 Å². The molecule has 0 unspecified atom stereocenters. The van der Waals surface area contributed by atoms with Crippen LogP contribution in [0, 0.1) is 0 Å². The van der Waals surface area contributed by atoms with Crippen molar-refractivity contribution in [1.82, 2.24) is 0 Å². The van der Waals surface area contributed by atoms with Gasteiger partial charge in [-0.25, -0.2) is 0 Å². The molecular formula is C54H37BN2O. The number of furan rings is 1. The van der Waals surface area contributed by atoms with Crippen molar-refractivity contribution in [1.29, 1.82) is 0 Å². The maximum atomic E-state index is 6.35. The highest BCUT2D eigenvalue weighted by Crippen LogP contribution is 2.42. The zero-order valence-corrected chi connectivity index (χ0v) is 31.7. The Kier molecular flexibility index (Phi) is 8.26. The van der Waals surface area contributed by atoms with E-state index in [9.17, 15) is 0 Å². The third-order valence-corrected chi connectivity index (χ3v) is 11.5. The van der Waals surface area contributed by atoms with Gasteiger partial charge in [0.1, 0.15) is 11.2 Å². The SMILES string of the molecule is c1ccc(N(c2ccccc2)c2ccc3c(c2)-c2ccccc2-c2cc(N(c4ccccc4)c4ccccc4)ccc2B3c2ccc3oc4ccccc4c3c2)cc1. The Bertz CT molecular complexity index is 2840. The van der Waals surface area contributed by atoms with E-state index in [1.165, 1.54) is 38.6 Å². The Morgan fingerprint density at radius 1 is 0.293 bits per heavy atom. The van der Waals surface area contributed by atoms with E-state index in [0.29, 0.717) is 0 Å². The van der Waals surface area contributed by atoms with Gasteiger partial charge in [-0.1, -0.05) is 156 Å². The molecule has 2 heterocycles. The van der Waals surface area contributed by atoms with Gasteiger partial charge in [-0.3, -0.25) is 0 Å². The van der Waals surface area contributed by atoms with Crippen LogP contribution in [0.3, 0.4) is 0 Å². The van der Waals surface area contributed by atoms with Crippen molar-refractivity contribution in [3.05, 3.63) is 224 Å². The molecule has 0 spiro atoms. The average Bonchev–Trinajstić information content (AvgIpc) is 3.61. The smallest absolute Gasteiger partial charge is 0.242 e. The van der Waals surface area contributed by atoms with Crippen LogP contribution in [0.25, 0.3) is 44.2 Å². The number of hydrogen-bond donors (Lipinski definition) is 0. The Balaban J connectivity index is 1.18. The fraction of sp³-hybridized carbons (Fsp3) is 0. The van der Waals surface area contributed by atoms with E-state index in [2.05, 4.69) is 228 Å². The van der Waals surface area contributed by atoms with E-state index >= 15 is 0 Å². The molecule has 0 saturated carbocycles. The first-order valence-corrected chi connectivity index (χ1v) is 19.9. The normalized spacial score (nSPS) is 11.8. The molecule has 4 heteroatoms. The first-order valence-electron chi connectivity index (χ1n) is 19.9. The number of nitrogens with zero attached hydrogens (tertiary/aromatic N) is 2. The lowest BCUT2D eigenvalue weighted by atomic mass is 9.35. The molecule has 3 nitrogen and oxygen atoms in total. The van der Waals surface area contributed by atoms with Crippen LogP contribution in [-0.2, 0) is 0 Å². The van der Waals surface area contributed by atoms with Crippen LogP contribution < -0.4 is 26.2 Å². The summed E-state index contributed by atoms with van der Waals surface area (Å²) < 4.78 is 6.35. The van der Waals surface area contributed by atoms with Crippen LogP contribution in [-0.4, -0.2) is 6.71 Å². The van der Waals surface area contributed by atoms with E-state index in [4.69, 9.17) is 4.42 Å². The van der Waals surface area contributed by atoms with Crippen molar-refractivity contribution in [3.63, 3.8) is 0 Å². The summed E-state index contributed by atoms with van der Waals surface area (Å²) >= 11 is 0. The lowest BCUT2D eigenvalue weighted by Crippen LogP contribution is -2.52. The van der Waals surface area contributed by atoms with Gasteiger partial charge in [-0.05, 0) is 107 Å². The summed E-state index contributed by atoms with van der Waals surface area (Å²) in [5.41, 5.74) is 17.1. The summed E-state index contributed by atoms with van der Waals surface area (Å²) in [6, 6.07) is 80.9. The summed E-state index contributed by atoms with van der Waals surface area (Å²) in [5, 5.41) is 2.26. The largest absolute Gasteiger partial charge is 0.456 e. The maximum Gasteiger partial charge on any atom is 0.242 e. The minimum atomic E-state index is -0.0673. The molecule has 0 radical (unpaired) electrons. The van der Waals surface area contributed by atoms with Crippen molar-refractivity contribution >= 4 is 79.2 Å². The molecule has 10 aromatic rings. The molecule has 11 rings (SSSR count). The van der Waals surface area contributed by atoms with E-state index in [0.717, 1.165) is 56.1 Å². The third-order valence-electron chi connectivity index (χ3n) is 11.5. The molecule has 9 aromatic carbocycles. The van der Waals surface area contributed by atoms with Crippen LogP contribution in [0.5, 0.6) is 0 Å². The van der Waals surface area contributed by atoms with Gasteiger partial charge in [-0.15, -0.1) is 0 Å². The molecule has 1 aliphatic heterocycles. The first kappa shape index (κ1) is 33.8. The lowest BCUT2D eigenvalue weighted by Gasteiger charge is -2.28. The highest BCUT2D eigenvalue weighted by atomic mass is 16.3. The van der Waals surface area contributed by atoms with Crippen molar-refractivity contribution in [2.75, 3.05) is 9.80 Å². The van der Waals surface area contributed by atoms with Gasteiger partial charge in [0.15, 0.2) is 0 Å². The minimum absolute atomic E-state index is 0.0673. The van der Waals surface area contributed by atoms with Gasteiger partial charge in [0.2, 0.25) is 6.71 Å². The lowest BCUT2D eigenvalue weighted by molar-refractivity contribution is 0.669. The van der Waals surface area contributed by atoms with Crippen molar-refractivity contribution < 1.29 is 4.42 Å². The second kappa shape index (κ2) is 14.2. The number of fused-ring (bicyclic) bond motifs is 8. The second-order valence-corrected chi connectivity index (χ2v) is 14.9. The van der Waals surface area contributed by atoms with Crippen molar-refractivity contribution in [2.45, 2.75) is 0 Å². The molecule has 0 N–H and O–H groups in total. The van der Waals surface area contributed by atoms with Crippen LogP contribution in [0.15, 0.2) is 229 Å². The Morgan fingerprint density at radius 2 is 0.707 bits per heavy atom. The molecule has 0 bridgehead atoms. The summed E-state index contributed by atoms with van der Waals surface area (Å²) in [7, 11) is 0. The average molecular weight is 741 g/mol. The van der Waals surface area contributed by atoms with Gasteiger partial charge < -0.3 is 14.2 Å². The topological polar surface area (TPSA) is 19.6 Å². The molecule has 0 atom stereocenters. The van der Waals surface area contributed by atoms with Gasteiger partial charge in [0, 0.05) is 44.9 Å². The van der Waals surface area contributed by atoms with Crippen LogP contribution in [0.4, 0.5) is 34.1 Å². The first-order chi connectivity index (χ1) is 28.8. The molecule has 272 valence electrons. The summed E-state index contributed by atoms with van der Waals surface area (Å²) in [5.74, 6) is 0. The molecular weight excluding hydrogens is 703 g/mol. The summed E-state index contributed by atoms with van der Waals surface area (Å²) in [4.78, 5) is 4.71. The highest BCUT2D eigenvalue weighted by molar-refractivity contribution is 6.97. The molecule has 0 aliphatic carbocycles. The number of rotatable bonds is 7. The Morgan fingerprint density at radius 3 is 1.19 bits per heavy atom. The summed E-state index contributed by atoms with van der Waals surface area (Å²) in [6.45, 7) is -0.0673. The molecule has 0 saturated heterocycles. The number of hydrogen-bond acceptors (Lipinski definition) is 3. The fourth-order valence-electron chi connectivity index (χ4n) is 8.94. The third kappa shape index (κ3) is 5.77. The predicted octanol–water partition coefficient (Wildman–Crippen LogP) is 12.7. The fourth-order valence-corrected chi connectivity index (χ4v) is 8.94. The summed E-state index contributed by atoms with van der Waals surface area (Å²) in [6.07, 6.45) is 0. The monoisotopic (exact) mass is 740 g/mol. The standard InChI is InChI=1S/C54H37BN2O/c1-5-17-39(18-6-1)56(40-19-7-2-8-20-40)43-30-32-51-48(36-43)45-25-13-14-26-46(45)49-37-44(57(41-21-9-3-10-22-41)42-23-11-4-12-24-42)31-33-52(49)55(51)38-29-34-54-50(35-38)47-27-15-16-28-53(47)58-54/h1-37H. The molecule has 1 aliphatic rings. The quantitative estimate of drug-likeness (QED) is 0.152. The van der Waals surface area contributed by atoms with Gasteiger partial charge >= 0.3 is 0 Å². The van der Waals surface area contributed by atoms with Gasteiger partial charge in [0.05, 0.1) is 0 Å². The van der Waals surface area contributed by atoms with E-state index in [-0.39, 0.29) is 6.71 Å². The molecule has 58 heavy (non-hydrogen) atoms. The maximum absolute atomic E-state index is 6.35. The van der Waals surface area contributed by atoms with Crippen LogP contribution in [0.2, 0.25) is 0 Å². The molecule has 0 fully saturated rings. The van der Waals surface area contributed by atoms with Crippen molar-refractivity contribution in [3.8, 4) is 22.3 Å². The zero-order chi connectivity index (χ0) is 38.4. The van der Waals surface area contributed by atoms with Crippen molar-refractivity contribution in [2.24, 2.45) is 0 Å². The molecule has 1 aromatic heterocycles. The number of para-hydroxylation sites is 5. The van der Waals surface area contributed by atoms with E-state index in [1.54, 1.807) is 0 Å².